The van der Waals surface area contributed by atoms with Crippen LogP contribution in [-0.2, 0) is 6.42 Å². The number of aromatic hydroxyl groups is 1. The Labute approximate surface area is 127 Å². The van der Waals surface area contributed by atoms with Gasteiger partial charge in [-0.2, -0.15) is 0 Å². The fourth-order valence-corrected chi connectivity index (χ4v) is 2.18. The van der Waals surface area contributed by atoms with Crippen molar-refractivity contribution < 1.29 is 5.11 Å². The first-order chi connectivity index (χ1) is 9.54. The Hall–Kier alpha value is -1.62. The van der Waals surface area contributed by atoms with Crippen molar-refractivity contribution >= 4 is 21.7 Å². The number of hydrogen-bond donors (Lipinski definition) is 2. The van der Waals surface area contributed by atoms with Gasteiger partial charge >= 0.3 is 0 Å². The number of nitrogens with one attached hydrogen (secondary N) is 1. The molecule has 0 aliphatic heterocycles. The van der Waals surface area contributed by atoms with Crippen molar-refractivity contribution in [2.45, 2.75) is 26.2 Å². The number of phenols is 1. The summed E-state index contributed by atoms with van der Waals surface area (Å²) in [5.41, 5.74) is 1.17. The molecule has 2 aromatic rings. The third-order valence-electron chi connectivity index (χ3n) is 2.88. The monoisotopic (exact) mass is 335 g/mol. The van der Waals surface area contributed by atoms with Gasteiger partial charge in [-0.15, -0.1) is 0 Å². The average molecular weight is 336 g/mol. The summed E-state index contributed by atoms with van der Waals surface area (Å²) in [4.78, 5) is 8.83. The molecular weight excluding hydrogens is 318 g/mol. The molecule has 0 bridgehead atoms. The molecule has 1 aromatic heterocycles. The number of hydrogen-bond acceptors (Lipinski definition) is 4. The molecule has 0 radical (unpaired) electrons. The summed E-state index contributed by atoms with van der Waals surface area (Å²) in [6.07, 6.45) is 0.874. The molecule has 106 valence electrons. The van der Waals surface area contributed by atoms with E-state index in [4.69, 9.17) is 0 Å². The van der Waals surface area contributed by atoms with Crippen molar-refractivity contribution in [1.82, 2.24) is 9.97 Å². The van der Waals surface area contributed by atoms with Crippen LogP contribution in [0.2, 0.25) is 0 Å². The second-order valence-corrected chi connectivity index (χ2v) is 5.74. The molecule has 0 unspecified atom stereocenters. The summed E-state index contributed by atoms with van der Waals surface area (Å²) in [5.74, 6) is 2.24. The highest BCUT2D eigenvalue weighted by Gasteiger charge is 2.06. The van der Waals surface area contributed by atoms with E-state index >= 15 is 0 Å². The summed E-state index contributed by atoms with van der Waals surface area (Å²) in [6.45, 7) is 4.93. The smallest absolute Gasteiger partial charge is 0.134 e. The van der Waals surface area contributed by atoms with Gasteiger partial charge in [0.05, 0.1) is 0 Å². The molecule has 0 fully saturated rings. The Bertz CT molecular complexity index is 570. The number of nitrogens with zero attached hydrogens (tertiary/aromatic N) is 2. The molecule has 5 heteroatoms. The van der Waals surface area contributed by atoms with Crippen LogP contribution < -0.4 is 5.32 Å². The lowest BCUT2D eigenvalue weighted by Crippen LogP contribution is -2.09. The molecule has 20 heavy (non-hydrogen) atoms. The average Bonchev–Trinajstić information content (AvgIpc) is 2.40. The third kappa shape index (κ3) is 4.20. The fraction of sp³-hybridized carbons (Fsp3) is 0.333. The highest BCUT2D eigenvalue weighted by Crippen LogP contribution is 2.17. The van der Waals surface area contributed by atoms with Gasteiger partial charge < -0.3 is 10.4 Å². The molecule has 0 aliphatic rings. The molecule has 0 spiro atoms. The predicted molar refractivity (Wildman–Crippen MR) is 84.1 cm³/mol. The van der Waals surface area contributed by atoms with Gasteiger partial charge in [-0.25, -0.2) is 9.97 Å². The van der Waals surface area contributed by atoms with Gasteiger partial charge in [-0.3, -0.25) is 0 Å². The summed E-state index contributed by atoms with van der Waals surface area (Å²) in [6, 6.07) is 9.13. The number of rotatable bonds is 5. The Morgan fingerprint density at radius 3 is 2.55 bits per heavy atom. The Morgan fingerprint density at radius 1 is 1.20 bits per heavy atom. The maximum Gasteiger partial charge on any atom is 0.134 e. The number of benzene rings is 1. The van der Waals surface area contributed by atoms with E-state index in [0.29, 0.717) is 11.7 Å². The van der Waals surface area contributed by atoms with Crippen molar-refractivity contribution in [3.63, 3.8) is 0 Å². The van der Waals surface area contributed by atoms with Gasteiger partial charge in [0.1, 0.15) is 22.0 Å². The van der Waals surface area contributed by atoms with Gasteiger partial charge in [-0.1, -0.05) is 26.0 Å². The zero-order chi connectivity index (χ0) is 14.5. The molecule has 0 saturated heterocycles. The summed E-state index contributed by atoms with van der Waals surface area (Å²) >= 11 is 3.41. The zero-order valence-electron chi connectivity index (χ0n) is 11.6. The molecular formula is C15H18BrN3O. The Kier molecular flexibility index (Phi) is 4.95. The second kappa shape index (κ2) is 6.70. The molecule has 4 nitrogen and oxygen atoms in total. The van der Waals surface area contributed by atoms with Gasteiger partial charge in [0.25, 0.3) is 0 Å². The van der Waals surface area contributed by atoms with E-state index in [2.05, 4.69) is 45.1 Å². The van der Waals surface area contributed by atoms with Crippen LogP contribution in [-0.4, -0.2) is 21.6 Å². The minimum absolute atomic E-state index is 0.294. The standard InChI is InChI=1S/C15H18BrN3O/c1-10(2)15-18-13(16)9-14(19-15)17-8-7-11-3-5-12(20)6-4-11/h3-6,9-10,20H,7-8H2,1-2H3,(H,17,18,19). The lowest BCUT2D eigenvalue weighted by Gasteiger charge is -2.09. The minimum Gasteiger partial charge on any atom is -0.508 e. The summed E-state index contributed by atoms with van der Waals surface area (Å²) in [5, 5.41) is 12.5. The third-order valence-corrected chi connectivity index (χ3v) is 3.29. The molecule has 0 amide bonds. The summed E-state index contributed by atoms with van der Waals surface area (Å²) < 4.78 is 0.795. The maximum atomic E-state index is 9.24. The maximum absolute atomic E-state index is 9.24. The van der Waals surface area contributed by atoms with Crippen molar-refractivity contribution in [3.8, 4) is 5.75 Å². The first-order valence-electron chi connectivity index (χ1n) is 6.61. The Balaban J connectivity index is 1.95. The Morgan fingerprint density at radius 2 is 1.90 bits per heavy atom. The first kappa shape index (κ1) is 14.8. The normalized spacial score (nSPS) is 10.8. The molecule has 0 saturated carbocycles. The molecule has 2 N–H and O–H groups in total. The zero-order valence-corrected chi connectivity index (χ0v) is 13.2. The van der Waals surface area contributed by atoms with Crippen LogP contribution in [0, 0.1) is 0 Å². The highest BCUT2D eigenvalue weighted by atomic mass is 79.9. The topological polar surface area (TPSA) is 58.0 Å². The molecule has 1 heterocycles. The number of anilines is 1. The predicted octanol–water partition coefficient (Wildman–Crippen LogP) is 3.72. The van der Waals surface area contributed by atoms with Gasteiger partial charge in [0, 0.05) is 18.5 Å². The van der Waals surface area contributed by atoms with Crippen molar-refractivity contribution in [2.75, 3.05) is 11.9 Å². The molecule has 1 aromatic carbocycles. The molecule has 0 atom stereocenters. The van der Waals surface area contributed by atoms with Crippen LogP contribution in [0.5, 0.6) is 5.75 Å². The van der Waals surface area contributed by atoms with E-state index < -0.39 is 0 Å². The van der Waals surface area contributed by atoms with E-state index in [1.165, 1.54) is 5.56 Å². The fourth-order valence-electron chi connectivity index (χ4n) is 1.78. The van der Waals surface area contributed by atoms with Gasteiger partial charge in [0.15, 0.2) is 0 Å². The van der Waals surface area contributed by atoms with Crippen molar-refractivity contribution in [3.05, 3.63) is 46.3 Å². The lowest BCUT2D eigenvalue weighted by atomic mass is 10.1. The van der Waals surface area contributed by atoms with E-state index in [0.717, 1.165) is 29.2 Å². The highest BCUT2D eigenvalue weighted by molar-refractivity contribution is 9.10. The van der Waals surface area contributed by atoms with Crippen molar-refractivity contribution in [1.29, 1.82) is 0 Å². The van der Waals surface area contributed by atoms with Crippen LogP contribution in [0.3, 0.4) is 0 Å². The minimum atomic E-state index is 0.294. The largest absolute Gasteiger partial charge is 0.508 e. The first-order valence-corrected chi connectivity index (χ1v) is 7.40. The molecule has 2 rings (SSSR count). The van der Waals surface area contributed by atoms with Gasteiger partial charge in [-0.05, 0) is 40.0 Å². The quantitative estimate of drug-likeness (QED) is 0.817. The van der Waals surface area contributed by atoms with Crippen LogP contribution in [0.4, 0.5) is 5.82 Å². The SMILES string of the molecule is CC(C)c1nc(Br)cc(NCCc2ccc(O)cc2)n1. The second-order valence-electron chi connectivity index (χ2n) is 4.93. The lowest BCUT2D eigenvalue weighted by molar-refractivity contribution is 0.475. The number of aromatic nitrogens is 2. The number of halogens is 1. The molecule has 0 aliphatic carbocycles. The number of phenolic OH excluding ortho intramolecular Hbond substituents is 1. The van der Waals surface area contributed by atoms with E-state index in [9.17, 15) is 5.11 Å². The van der Waals surface area contributed by atoms with E-state index in [-0.39, 0.29) is 0 Å². The van der Waals surface area contributed by atoms with E-state index in [1.807, 2.05) is 18.2 Å². The van der Waals surface area contributed by atoms with Crippen LogP contribution >= 0.6 is 15.9 Å². The van der Waals surface area contributed by atoms with Crippen LogP contribution in [0.1, 0.15) is 31.2 Å². The van der Waals surface area contributed by atoms with Crippen molar-refractivity contribution in [2.24, 2.45) is 0 Å². The van der Waals surface area contributed by atoms with Crippen LogP contribution in [0.15, 0.2) is 34.9 Å². The summed E-state index contributed by atoms with van der Waals surface area (Å²) in [7, 11) is 0. The van der Waals surface area contributed by atoms with Crippen LogP contribution in [0.25, 0.3) is 0 Å². The van der Waals surface area contributed by atoms with E-state index in [1.54, 1.807) is 12.1 Å². The van der Waals surface area contributed by atoms with Gasteiger partial charge in [0.2, 0.25) is 0 Å².